The number of aromatic nitrogens is 2. The summed E-state index contributed by atoms with van der Waals surface area (Å²) in [4.78, 5) is 22.8. The van der Waals surface area contributed by atoms with E-state index in [4.69, 9.17) is 26.8 Å². The molecule has 3 aromatic rings. The number of anilines is 2. The third-order valence-corrected chi connectivity index (χ3v) is 7.45. The molecule has 1 saturated heterocycles. The van der Waals surface area contributed by atoms with Crippen LogP contribution >= 0.6 is 11.6 Å². The summed E-state index contributed by atoms with van der Waals surface area (Å²) in [7, 11) is 1.59. The number of carbonyl (C=O) groups is 1. The van der Waals surface area contributed by atoms with Crippen molar-refractivity contribution in [3.8, 4) is 11.5 Å². The number of amides is 1. The second-order valence-corrected chi connectivity index (χ2v) is 9.72. The maximum Gasteiger partial charge on any atom is 0.234 e. The highest BCUT2D eigenvalue weighted by atomic mass is 35.5. The Kier molecular flexibility index (Phi) is 7.11. The second-order valence-electron chi connectivity index (χ2n) is 9.32. The third kappa shape index (κ3) is 4.90. The lowest BCUT2D eigenvalue weighted by Crippen LogP contribution is -2.47. The molecule has 1 aromatic heterocycles. The van der Waals surface area contributed by atoms with E-state index in [1.807, 2.05) is 6.07 Å². The van der Waals surface area contributed by atoms with E-state index in [0.717, 1.165) is 45.1 Å². The minimum absolute atomic E-state index is 0.00800. The van der Waals surface area contributed by atoms with Crippen molar-refractivity contribution in [3.05, 3.63) is 47.5 Å². The Bertz CT molecular complexity index is 1270. The number of nitrogens with two attached hydrogens (primary N) is 1. The van der Waals surface area contributed by atoms with E-state index in [2.05, 4.69) is 20.2 Å². The number of hydrogen-bond acceptors (Lipinski definition) is 7. The summed E-state index contributed by atoms with van der Waals surface area (Å²) in [5, 5.41) is 3.72. The third-order valence-electron chi connectivity index (χ3n) is 7.15. The summed E-state index contributed by atoms with van der Waals surface area (Å²) in [6.07, 6.45) is 6.87. The van der Waals surface area contributed by atoms with Gasteiger partial charge in [0.15, 0.2) is 17.3 Å². The molecule has 1 atom stereocenters. The second kappa shape index (κ2) is 10.4. The summed E-state index contributed by atoms with van der Waals surface area (Å²) in [6, 6.07) is 8.57. The van der Waals surface area contributed by atoms with E-state index in [0.29, 0.717) is 34.3 Å². The highest BCUT2D eigenvalue weighted by molar-refractivity contribution is 6.31. The van der Waals surface area contributed by atoms with Gasteiger partial charge in [0.25, 0.3) is 0 Å². The van der Waals surface area contributed by atoms with Gasteiger partial charge in [0.1, 0.15) is 12.1 Å². The van der Waals surface area contributed by atoms with Crippen LogP contribution in [0.15, 0.2) is 36.7 Å². The minimum atomic E-state index is -0.552. The van der Waals surface area contributed by atoms with Crippen LogP contribution in [0.3, 0.4) is 0 Å². The smallest absolute Gasteiger partial charge is 0.234 e. The molecule has 1 aliphatic heterocycles. The normalized spacial score (nSPS) is 22.5. The molecule has 0 radical (unpaired) electrons. The molecule has 2 aromatic carbocycles. The molecule has 3 N–H and O–H groups in total. The van der Waals surface area contributed by atoms with Gasteiger partial charge >= 0.3 is 0 Å². The molecule has 0 unspecified atom stereocenters. The topological polar surface area (TPSA) is 103 Å². The van der Waals surface area contributed by atoms with Crippen molar-refractivity contribution in [2.24, 2.45) is 5.73 Å². The molecule has 0 bridgehead atoms. The standard InChI is InChI=1S/C26H29ClFN5O3/c1-35-22-13-20-17(26(31-14-30-20)32-19-5-2-4-18(27)24(19)28)12-23(22)36-16-9-7-15(8-10-16)33-11-3-6-21(33)25(29)34/h2,4-5,12-16,21H,3,6-11H2,1H3,(H2,29,34)(H,30,31,32)/t15-,16+,21-/m0/s1. The Morgan fingerprint density at radius 1 is 1.17 bits per heavy atom. The Hall–Kier alpha value is -3.17. The van der Waals surface area contributed by atoms with Gasteiger partial charge in [-0.25, -0.2) is 14.4 Å². The van der Waals surface area contributed by atoms with E-state index < -0.39 is 5.82 Å². The van der Waals surface area contributed by atoms with Crippen LogP contribution in [0.25, 0.3) is 10.9 Å². The highest BCUT2D eigenvalue weighted by Crippen LogP contribution is 2.38. The fraction of sp³-hybridized carbons (Fsp3) is 0.423. The Morgan fingerprint density at radius 2 is 1.97 bits per heavy atom. The van der Waals surface area contributed by atoms with Gasteiger partial charge in [-0.2, -0.15) is 0 Å². The molecule has 1 saturated carbocycles. The molecule has 2 fully saturated rings. The number of nitrogens with zero attached hydrogens (tertiary/aromatic N) is 3. The number of ether oxygens (including phenoxy) is 2. The lowest BCUT2D eigenvalue weighted by molar-refractivity contribution is -0.123. The van der Waals surface area contributed by atoms with Gasteiger partial charge < -0.3 is 20.5 Å². The molecule has 0 spiro atoms. The predicted octanol–water partition coefficient (Wildman–Crippen LogP) is 4.81. The molecular weight excluding hydrogens is 485 g/mol. The van der Waals surface area contributed by atoms with Crippen LogP contribution in [0.5, 0.6) is 11.5 Å². The first-order valence-electron chi connectivity index (χ1n) is 12.2. The molecule has 2 heterocycles. The number of primary amides is 1. The Balaban J connectivity index is 1.35. The van der Waals surface area contributed by atoms with Crippen LogP contribution in [0.4, 0.5) is 15.9 Å². The number of benzene rings is 2. The van der Waals surface area contributed by atoms with Crippen molar-refractivity contribution in [1.29, 1.82) is 0 Å². The van der Waals surface area contributed by atoms with Crippen molar-refractivity contribution in [3.63, 3.8) is 0 Å². The molecule has 8 nitrogen and oxygen atoms in total. The summed E-state index contributed by atoms with van der Waals surface area (Å²) in [6.45, 7) is 0.922. The SMILES string of the molecule is COc1cc2ncnc(Nc3cccc(Cl)c3F)c2cc1O[C@H]1CC[C@@H](N2CCC[C@H]2C(N)=O)CC1. The summed E-state index contributed by atoms with van der Waals surface area (Å²) >= 11 is 5.94. The van der Waals surface area contributed by atoms with Crippen molar-refractivity contribution >= 4 is 39.9 Å². The quantitative estimate of drug-likeness (QED) is 0.467. The van der Waals surface area contributed by atoms with Gasteiger partial charge in [0.2, 0.25) is 5.91 Å². The first-order valence-corrected chi connectivity index (χ1v) is 12.6. The van der Waals surface area contributed by atoms with Crippen molar-refractivity contribution in [2.45, 2.75) is 56.7 Å². The van der Waals surface area contributed by atoms with E-state index in [-0.39, 0.29) is 28.8 Å². The van der Waals surface area contributed by atoms with Crippen molar-refractivity contribution in [1.82, 2.24) is 14.9 Å². The van der Waals surface area contributed by atoms with Crippen LogP contribution in [-0.2, 0) is 4.79 Å². The fourth-order valence-electron chi connectivity index (χ4n) is 5.35. The minimum Gasteiger partial charge on any atom is -0.493 e. The zero-order valence-corrected chi connectivity index (χ0v) is 20.8. The van der Waals surface area contributed by atoms with Gasteiger partial charge in [0.05, 0.1) is 35.5 Å². The first-order chi connectivity index (χ1) is 17.4. The zero-order valence-electron chi connectivity index (χ0n) is 20.0. The van der Waals surface area contributed by atoms with Crippen LogP contribution in [0.2, 0.25) is 5.02 Å². The average molecular weight is 514 g/mol. The Morgan fingerprint density at radius 3 is 2.72 bits per heavy atom. The number of carbonyl (C=O) groups excluding carboxylic acids is 1. The summed E-state index contributed by atoms with van der Waals surface area (Å²) in [5.41, 5.74) is 6.47. The van der Waals surface area contributed by atoms with Crippen LogP contribution < -0.4 is 20.5 Å². The zero-order chi connectivity index (χ0) is 25.2. The maximum absolute atomic E-state index is 14.5. The maximum atomic E-state index is 14.5. The van der Waals surface area contributed by atoms with E-state index in [9.17, 15) is 9.18 Å². The molecule has 1 amide bonds. The van der Waals surface area contributed by atoms with E-state index in [1.54, 1.807) is 25.3 Å². The van der Waals surface area contributed by atoms with Gasteiger partial charge in [-0.1, -0.05) is 17.7 Å². The van der Waals surface area contributed by atoms with E-state index >= 15 is 0 Å². The molecule has 10 heteroatoms. The predicted molar refractivity (Wildman–Crippen MR) is 136 cm³/mol. The van der Waals surface area contributed by atoms with Gasteiger partial charge in [-0.15, -0.1) is 0 Å². The number of nitrogens with one attached hydrogen (secondary N) is 1. The molecular formula is C26H29ClFN5O3. The number of fused-ring (bicyclic) bond motifs is 1. The highest BCUT2D eigenvalue weighted by Gasteiger charge is 2.36. The first kappa shape index (κ1) is 24.5. The molecule has 36 heavy (non-hydrogen) atoms. The molecule has 2 aliphatic rings. The summed E-state index contributed by atoms with van der Waals surface area (Å²) < 4.78 is 26.5. The van der Waals surface area contributed by atoms with Gasteiger partial charge in [-0.3, -0.25) is 9.69 Å². The van der Waals surface area contributed by atoms with Crippen LogP contribution in [0, 0.1) is 5.82 Å². The number of likely N-dealkylation sites (tertiary alicyclic amines) is 1. The lowest BCUT2D eigenvalue weighted by atomic mass is 9.91. The largest absolute Gasteiger partial charge is 0.493 e. The molecule has 1 aliphatic carbocycles. The Labute approximate surface area is 213 Å². The van der Waals surface area contributed by atoms with Crippen molar-refractivity contribution in [2.75, 3.05) is 19.0 Å². The summed E-state index contributed by atoms with van der Waals surface area (Å²) in [5.74, 6) is 0.801. The number of halogens is 2. The van der Waals surface area contributed by atoms with Crippen molar-refractivity contribution < 1.29 is 18.7 Å². The van der Waals surface area contributed by atoms with Gasteiger partial charge in [0, 0.05) is 17.5 Å². The fourth-order valence-corrected chi connectivity index (χ4v) is 5.52. The number of methoxy groups -OCH3 is 1. The lowest BCUT2D eigenvalue weighted by Gasteiger charge is -2.37. The van der Waals surface area contributed by atoms with E-state index in [1.165, 1.54) is 12.4 Å². The van der Waals surface area contributed by atoms with Crippen LogP contribution in [-0.4, -0.2) is 52.6 Å². The van der Waals surface area contributed by atoms with Crippen LogP contribution in [0.1, 0.15) is 38.5 Å². The number of rotatable bonds is 7. The average Bonchev–Trinajstić information content (AvgIpc) is 3.38. The molecule has 5 rings (SSSR count). The molecule has 190 valence electrons. The number of hydrogen-bond donors (Lipinski definition) is 2. The van der Waals surface area contributed by atoms with Gasteiger partial charge in [-0.05, 0) is 63.3 Å². The monoisotopic (exact) mass is 513 g/mol.